The largest absolute Gasteiger partial charge is 0.300 e. The molecule has 2 aromatic carbocycles. The third-order valence-electron chi connectivity index (χ3n) is 7.60. The van der Waals surface area contributed by atoms with Gasteiger partial charge in [-0.1, -0.05) is 157 Å². The highest BCUT2D eigenvalue weighted by Gasteiger charge is 2.20. The average Bonchev–Trinajstić information content (AvgIpc) is 2.99. The first-order valence-electron chi connectivity index (χ1n) is 17.8. The Kier molecular flexibility index (Phi) is 29.4. The Hall–Kier alpha value is -2.03. The monoisotopic (exact) mass is 638 g/mol. The number of nitrogens with zero attached hydrogens (tertiary/aromatic N) is 1. The van der Waals surface area contributed by atoms with E-state index in [4.69, 9.17) is 0 Å². The topological polar surface area (TPSA) is 3.24 Å². The fraction of sp³-hybridized carbons (Fsp3) is 0.581. The standard InChI is InChI=1S/C13H27N.C10H14S.C10H20.C7H8.C3H6/c1-4-10-14(11-12(2)3)13-8-6-5-7-9-13;1-9-5-7-10(8-6-9)11(2,3)4;1-4-6-7-9-10(3)8-5-2;1-7-5-3-2-4-6-7;1-3-2/h12-13H,4-11H2,1-3H3;5-8H,2-3H2,1,4H3;5,10H,2,4,6-9H2,1,3H3;2-6H,1H3;3H,1H2,2H3/t;;10-;;/m..0../s1. The third kappa shape index (κ3) is 28.0. The summed E-state index contributed by atoms with van der Waals surface area (Å²) in [7, 11) is -1.02. The molecule has 3 rings (SSSR count). The maximum absolute atomic E-state index is 4.04. The number of rotatable bonds is 12. The van der Waals surface area contributed by atoms with Gasteiger partial charge in [-0.2, -0.15) is 9.21 Å². The maximum Gasteiger partial charge on any atom is 0.00953 e. The fourth-order valence-corrected chi connectivity index (χ4v) is 5.96. The van der Waals surface area contributed by atoms with Crippen LogP contribution < -0.4 is 0 Å². The number of aryl methyl sites for hydroxylation is 2. The quantitative estimate of drug-likeness (QED) is 0.127. The van der Waals surface area contributed by atoms with Crippen LogP contribution in [0.4, 0.5) is 0 Å². The highest BCUT2D eigenvalue weighted by Crippen LogP contribution is 2.27. The molecule has 2 aromatic rings. The average molecular weight is 638 g/mol. The van der Waals surface area contributed by atoms with Crippen molar-refractivity contribution in [2.45, 2.75) is 137 Å². The van der Waals surface area contributed by atoms with Gasteiger partial charge in [0.15, 0.2) is 0 Å². The van der Waals surface area contributed by atoms with E-state index in [-0.39, 0.29) is 0 Å². The SMILES string of the molecule is C=CC.C=CC[C@H](C)CCCCC.C=S(=C)(C)c1ccc(C)cc1.CCCN(CC(C)C)C1CCCCC1.Cc1ccccc1. The number of benzene rings is 2. The number of hydrogen-bond acceptors (Lipinski definition) is 1. The Morgan fingerprint density at radius 2 is 1.36 bits per heavy atom. The Labute approximate surface area is 284 Å². The van der Waals surface area contributed by atoms with Crippen LogP contribution in [0.1, 0.15) is 123 Å². The normalized spacial score (nSPS) is 13.4. The minimum atomic E-state index is -1.02. The smallest absolute Gasteiger partial charge is 0.00953 e. The first kappa shape index (κ1) is 45.1. The van der Waals surface area contributed by atoms with Gasteiger partial charge in [0.05, 0.1) is 0 Å². The molecule has 45 heavy (non-hydrogen) atoms. The molecular formula is C43H75NS. The first-order valence-corrected chi connectivity index (χ1v) is 20.2. The molecule has 1 aliphatic rings. The maximum atomic E-state index is 4.04. The van der Waals surface area contributed by atoms with E-state index in [1.165, 1.54) is 99.7 Å². The van der Waals surface area contributed by atoms with E-state index < -0.39 is 9.21 Å². The first-order chi connectivity index (χ1) is 21.4. The molecule has 0 radical (unpaired) electrons. The molecule has 1 saturated carbocycles. The minimum absolute atomic E-state index is 0.823. The lowest BCUT2D eigenvalue weighted by molar-refractivity contribution is 0.140. The molecule has 1 atom stereocenters. The zero-order chi connectivity index (χ0) is 34.5. The van der Waals surface area contributed by atoms with Crippen molar-refractivity contribution in [3.05, 3.63) is 91.0 Å². The van der Waals surface area contributed by atoms with Crippen molar-refractivity contribution in [3.63, 3.8) is 0 Å². The fourth-order valence-electron chi connectivity index (χ4n) is 5.17. The molecule has 0 spiro atoms. The van der Waals surface area contributed by atoms with Crippen LogP contribution in [-0.4, -0.2) is 42.0 Å². The summed E-state index contributed by atoms with van der Waals surface area (Å²) in [5.41, 5.74) is 2.61. The molecule has 1 fully saturated rings. The van der Waals surface area contributed by atoms with Crippen LogP contribution in [0, 0.1) is 25.7 Å². The molecule has 0 aromatic heterocycles. The van der Waals surface area contributed by atoms with Crippen molar-refractivity contribution in [2.75, 3.05) is 19.3 Å². The van der Waals surface area contributed by atoms with Crippen LogP contribution in [-0.2, 0) is 0 Å². The molecule has 0 saturated heterocycles. The van der Waals surface area contributed by atoms with E-state index in [2.05, 4.69) is 121 Å². The van der Waals surface area contributed by atoms with Crippen molar-refractivity contribution >= 4 is 20.9 Å². The summed E-state index contributed by atoms with van der Waals surface area (Å²) in [4.78, 5) is 4.01. The van der Waals surface area contributed by atoms with E-state index in [9.17, 15) is 0 Å². The van der Waals surface area contributed by atoms with Gasteiger partial charge in [-0.05, 0) is 88.1 Å². The van der Waals surface area contributed by atoms with Gasteiger partial charge >= 0.3 is 0 Å². The van der Waals surface area contributed by atoms with Crippen LogP contribution in [0.15, 0.2) is 84.8 Å². The van der Waals surface area contributed by atoms with Gasteiger partial charge in [-0.25, -0.2) is 0 Å². The zero-order valence-corrected chi connectivity index (χ0v) is 32.3. The van der Waals surface area contributed by atoms with E-state index in [1.54, 1.807) is 6.08 Å². The molecule has 1 nitrogen and oxygen atoms in total. The Balaban J connectivity index is 0. The van der Waals surface area contributed by atoms with Crippen molar-refractivity contribution < 1.29 is 0 Å². The summed E-state index contributed by atoms with van der Waals surface area (Å²) in [5.74, 6) is 9.76. The van der Waals surface area contributed by atoms with Crippen molar-refractivity contribution in [1.82, 2.24) is 4.90 Å². The molecule has 2 heteroatoms. The Morgan fingerprint density at radius 1 is 0.822 bits per heavy atom. The lowest BCUT2D eigenvalue weighted by atomic mass is 9.93. The van der Waals surface area contributed by atoms with Gasteiger partial charge in [0, 0.05) is 12.6 Å². The predicted molar refractivity (Wildman–Crippen MR) is 216 cm³/mol. The predicted octanol–water partition coefficient (Wildman–Crippen LogP) is 13.3. The van der Waals surface area contributed by atoms with E-state index in [1.807, 2.05) is 31.2 Å². The molecule has 0 bridgehead atoms. The third-order valence-corrected chi connectivity index (χ3v) is 9.01. The molecule has 0 heterocycles. The van der Waals surface area contributed by atoms with E-state index in [0.29, 0.717) is 0 Å². The van der Waals surface area contributed by atoms with E-state index in [0.717, 1.165) is 17.9 Å². The Morgan fingerprint density at radius 3 is 1.76 bits per heavy atom. The van der Waals surface area contributed by atoms with Crippen LogP contribution in [0.2, 0.25) is 0 Å². The molecule has 0 N–H and O–H groups in total. The number of unbranched alkanes of at least 4 members (excludes halogenated alkanes) is 2. The second-order valence-electron chi connectivity index (χ2n) is 13.5. The molecule has 1 aliphatic carbocycles. The van der Waals surface area contributed by atoms with Crippen LogP contribution in [0.5, 0.6) is 0 Å². The number of hydrogen-bond donors (Lipinski definition) is 0. The van der Waals surface area contributed by atoms with Gasteiger partial charge in [-0.3, -0.25) is 0 Å². The molecule has 0 aliphatic heterocycles. The van der Waals surface area contributed by atoms with Gasteiger partial charge in [0.25, 0.3) is 0 Å². The van der Waals surface area contributed by atoms with Crippen LogP contribution in [0.3, 0.4) is 0 Å². The molecular weight excluding hydrogens is 563 g/mol. The summed E-state index contributed by atoms with van der Waals surface area (Å²) in [5, 5.41) is 0. The molecule has 0 unspecified atom stereocenters. The van der Waals surface area contributed by atoms with Gasteiger partial charge in [0.2, 0.25) is 0 Å². The second kappa shape index (κ2) is 29.4. The second-order valence-corrected chi connectivity index (χ2v) is 16.5. The van der Waals surface area contributed by atoms with Crippen LogP contribution >= 0.6 is 9.21 Å². The lowest BCUT2D eigenvalue weighted by Gasteiger charge is -2.35. The highest BCUT2D eigenvalue weighted by atomic mass is 32.2. The lowest BCUT2D eigenvalue weighted by Crippen LogP contribution is -2.39. The van der Waals surface area contributed by atoms with Crippen molar-refractivity contribution in [1.29, 1.82) is 0 Å². The van der Waals surface area contributed by atoms with Gasteiger partial charge < -0.3 is 4.90 Å². The zero-order valence-electron chi connectivity index (χ0n) is 31.5. The summed E-state index contributed by atoms with van der Waals surface area (Å²) < 4.78 is 0. The van der Waals surface area contributed by atoms with Crippen LogP contribution in [0.25, 0.3) is 0 Å². The minimum Gasteiger partial charge on any atom is -0.300 e. The van der Waals surface area contributed by atoms with Crippen molar-refractivity contribution in [2.24, 2.45) is 11.8 Å². The summed E-state index contributed by atoms with van der Waals surface area (Å²) >= 11 is 0. The van der Waals surface area contributed by atoms with Crippen molar-refractivity contribution in [3.8, 4) is 0 Å². The molecule has 258 valence electrons. The van der Waals surface area contributed by atoms with Gasteiger partial charge in [0.1, 0.15) is 0 Å². The van der Waals surface area contributed by atoms with Gasteiger partial charge in [-0.15, -0.1) is 13.2 Å². The highest BCUT2D eigenvalue weighted by molar-refractivity contribution is 8.27. The Bertz CT molecular complexity index is 1030. The summed E-state index contributed by atoms with van der Waals surface area (Å²) in [6, 6.07) is 19.6. The van der Waals surface area contributed by atoms with E-state index >= 15 is 0 Å². The number of allylic oxidation sites excluding steroid dienone is 2. The summed E-state index contributed by atoms with van der Waals surface area (Å²) in [6.07, 6.45) is 21.2. The summed E-state index contributed by atoms with van der Waals surface area (Å²) in [6.45, 7) is 27.3. The molecule has 0 amide bonds.